The highest BCUT2D eigenvalue weighted by Gasteiger charge is 2.06. The Balaban J connectivity index is 1.46. The van der Waals surface area contributed by atoms with Crippen molar-refractivity contribution in [3.63, 3.8) is 0 Å². The molecule has 1 amide bonds. The number of hydrogen-bond acceptors (Lipinski definition) is 6. The Kier molecular flexibility index (Phi) is 4.24. The van der Waals surface area contributed by atoms with Crippen molar-refractivity contribution in [2.75, 3.05) is 5.32 Å². The second-order valence-electron chi connectivity index (χ2n) is 5.60. The normalized spacial score (nSPS) is 11.3. The molecular weight excluding hydrogens is 348 g/mol. The van der Waals surface area contributed by atoms with Crippen molar-refractivity contribution in [1.82, 2.24) is 25.2 Å². The summed E-state index contributed by atoms with van der Waals surface area (Å²) < 4.78 is 2.68. The quantitative estimate of drug-likeness (QED) is 0.563. The summed E-state index contributed by atoms with van der Waals surface area (Å²) in [5.41, 5.74) is 3.45. The van der Waals surface area contributed by atoms with Crippen molar-refractivity contribution >= 4 is 39.2 Å². The lowest BCUT2D eigenvalue weighted by molar-refractivity contribution is -0.111. The summed E-state index contributed by atoms with van der Waals surface area (Å²) in [5.74, 6) is -0.209. The standard InChI is InChI=1S/C18H14N6OS/c1-12-10-13(6-7-15(12)24-11-19-22-23-24)20-17(25)8-9-18-21-14-4-2-3-5-16(14)26-18/h2-11H,1H3,(H,20,25)/b9-8+. The third kappa shape index (κ3) is 3.35. The van der Waals surface area contributed by atoms with Gasteiger partial charge in [-0.15, -0.1) is 16.4 Å². The first-order chi connectivity index (χ1) is 12.7. The molecule has 0 bridgehead atoms. The Bertz CT molecular complexity index is 1070. The molecule has 26 heavy (non-hydrogen) atoms. The van der Waals surface area contributed by atoms with Crippen LogP contribution in [0.5, 0.6) is 0 Å². The van der Waals surface area contributed by atoms with Gasteiger partial charge in [0.1, 0.15) is 11.3 Å². The molecule has 8 heteroatoms. The van der Waals surface area contributed by atoms with Crippen molar-refractivity contribution in [2.45, 2.75) is 6.92 Å². The van der Waals surface area contributed by atoms with Crippen molar-refractivity contribution in [1.29, 1.82) is 0 Å². The van der Waals surface area contributed by atoms with Gasteiger partial charge in [-0.3, -0.25) is 4.79 Å². The molecule has 2 aromatic carbocycles. The van der Waals surface area contributed by atoms with Crippen molar-refractivity contribution < 1.29 is 4.79 Å². The third-order valence-corrected chi connectivity index (χ3v) is 4.75. The van der Waals surface area contributed by atoms with Gasteiger partial charge in [-0.1, -0.05) is 12.1 Å². The summed E-state index contributed by atoms with van der Waals surface area (Å²) in [4.78, 5) is 16.6. The van der Waals surface area contributed by atoms with Crippen LogP contribution in [0.25, 0.3) is 22.0 Å². The molecule has 2 aromatic heterocycles. The third-order valence-electron chi connectivity index (χ3n) is 3.75. The summed E-state index contributed by atoms with van der Waals surface area (Å²) in [6.07, 6.45) is 4.74. The lowest BCUT2D eigenvalue weighted by Crippen LogP contribution is -2.08. The molecular formula is C18H14N6OS. The number of rotatable bonds is 4. The summed E-state index contributed by atoms with van der Waals surface area (Å²) in [6.45, 7) is 1.93. The molecule has 0 fully saturated rings. The van der Waals surface area contributed by atoms with Gasteiger partial charge in [0.25, 0.3) is 0 Å². The molecule has 2 heterocycles. The van der Waals surface area contributed by atoms with Gasteiger partial charge in [0, 0.05) is 11.8 Å². The first kappa shape index (κ1) is 16.1. The van der Waals surface area contributed by atoms with E-state index in [1.807, 2.05) is 49.4 Å². The Morgan fingerprint density at radius 1 is 1.23 bits per heavy atom. The van der Waals surface area contributed by atoms with E-state index in [0.717, 1.165) is 26.5 Å². The van der Waals surface area contributed by atoms with Crippen LogP contribution in [0, 0.1) is 6.92 Å². The van der Waals surface area contributed by atoms with Crippen LogP contribution >= 0.6 is 11.3 Å². The number of anilines is 1. The summed E-state index contributed by atoms with van der Waals surface area (Å²) in [7, 11) is 0. The van der Waals surface area contributed by atoms with Crippen LogP contribution in [0.2, 0.25) is 0 Å². The van der Waals surface area contributed by atoms with Crippen LogP contribution in [-0.4, -0.2) is 31.1 Å². The van der Waals surface area contributed by atoms with Crippen LogP contribution in [-0.2, 0) is 4.79 Å². The second kappa shape index (κ2) is 6.85. The van der Waals surface area contributed by atoms with Gasteiger partial charge in [-0.25, -0.2) is 9.67 Å². The number of carbonyl (C=O) groups excluding carboxylic acids is 1. The summed E-state index contributed by atoms with van der Waals surface area (Å²) in [6, 6.07) is 13.4. The van der Waals surface area contributed by atoms with Crippen LogP contribution < -0.4 is 5.32 Å². The first-order valence-electron chi connectivity index (χ1n) is 7.88. The number of benzene rings is 2. The number of tetrazole rings is 1. The molecule has 4 rings (SSSR count). The maximum atomic E-state index is 12.2. The second-order valence-corrected chi connectivity index (χ2v) is 6.66. The molecule has 7 nitrogen and oxygen atoms in total. The average Bonchev–Trinajstić information content (AvgIpc) is 3.29. The number of hydrogen-bond donors (Lipinski definition) is 1. The number of nitrogens with one attached hydrogen (secondary N) is 1. The Morgan fingerprint density at radius 2 is 2.12 bits per heavy atom. The number of thiazole rings is 1. The van der Waals surface area contributed by atoms with Crippen LogP contribution in [0.1, 0.15) is 10.6 Å². The minimum absolute atomic E-state index is 0.209. The molecule has 0 aliphatic rings. The van der Waals surface area contributed by atoms with E-state index in [2.05, 4.69) is 25.8 Å². The largest absolute Gasteiger partial charge is 0.322 e. The molecule has 128 valence electrons. The fraction of sp³-hybridized carbons (Fsp3) is 0.0556. The number of aryl methyl sites for hydroxylation is 1. The van der Waals surface area contributed by atoms with E-state index >= 15 is 0 Å². The summed E-state index contributed by atoms with van der Waals surface area (Å²) in [5, 5.41) is 14.8. The highest BCUT2D eigenvalue weighted by Crippen LogP contribution is 2.22. The predicted octanol–water partition coefficient (Wildman–Crippen LogP) is 3.23. The number of amides is 1. The molecule has 0 spiro atoms. The highest BCUT2D eigenvalue weighted by atomic mass is 32.1. The van der Waals surface area contributed by atoms with Crippen LogP contribution in [0.15, 0.2) is 54.9 Å². The minimum atomic E-state index is -0.209. The summed E-state index contributed by atoms with van der Waals surface area (Å²) >= 11 is 1.55. The molecule has 4 aromatic rings. The minimum Gasteiger partial charge on any atom is -0.322 e. The number of aromatic nitrogens is 5. The van der Waals surface area contributed by atoms with E-state index in [1.54, 1.807) is 22.1 Å². The molecule has 0 aliphatic heterocycles. The zero-order valence-electron chi connectivity index (χ0n) is 13.8. The zero-order chi connectivity index (χ0) is 17.9. The van der Waals surface area contributed by atoms with Crippen molar-refractivity contribution in [3.8, 4) is 5.69 Å². The van der Waals surface area contributed by atoms with Gasteiger partial charge in [0.15, 0.2) is 0 Å². The Hall–Kier alpha value is -3.39. The maximum absolute atomic E-state index is 12.2. The molecule has 1 N–H and O–H groups in total. The van der Waals surface area contributed by atoms with E-state index in [1.165, 1.54) is 12.4 Å². The van der Waals surface area contributed by atoms with Gasteiger partial charge in [0.2, 0.25) is 5.91 Å². The zero-order valence-corrected chi connectivity index (χ0v) is 14.6. The van der Waals surface area contributed by atoms with Crippen molar-refractivity contribution in [3.05, 3.63) is 65.4 Å². The SMILES string of the molecule is Cc1cc(NC(=O)/C=C/c2nc3ccccc3s2)ccc1-n1cnnn1. The van der Waals surface area contributed by atoms with E-state index in [-0.39, 0.29) is 5.91 Å². The molecule has 0 unspecified atom stereocenters. The van der Waals surface area contributed by atoms with Gasteiger partial charge in [0.05, 0.1) is 15.9 Å². The fourth-order valence-electron chi connectivity index (χ4n) is 2.55. The van der Waals surface area contributed by atoms with Gasteiger partial charge >= 0.3 is 0 Å². The molecule has 0 radical (unpaired) electrons. The molecule has 0 aliphatic carbocycles. The average molecular weight is 362 g/mol. The fourth-order valence-corrected chi connectivity index (χ4v) is 3.42. The number of carbonyl (C=O) groups is 1. The van der Waals surface area contributed by atoms with E-state index in [0.29, 0.717) is 5.69 Å². The number of para-hydroxylation sites is 1. The molecule has 0 saturated heterocycles. The van der Waals surface area contributed by atoms with Gasteiger partial charge < -0.3 is 5.32 Å². The van der Waals surface area contributed by atoms with E-state index < -0.39 is 0 Å². The Labute approximate surface area is 153 Å². The van der Waals surface area contributed by atoms with Crippen LogP contribution in [0.4, 0.5) is 5.69 Å². The first-order valence-corrected chi connectivity index (χ1v) is 8.69. The monoisotopic (exact) mass is 362 g/mol. The van der Waals surface area contributed by atoms with Gasteiger partial charge in [-0.05, 0) is 59.3 Å². The Morgan fingerprint density at radius 3 is 2.88 bits per heavy atom. The maximum Gasteiger partial charge on any atom is 0.248 e. The number of nitrogens with zero attached hydrogens (tertiary/aromatic N) is 5. The lowest BCUT2D eigenvalue weighted by Gasteiger charge is -2.07. The number of fused-ring (bicyclic) bond motifs is 1. The predicted molar refractivity (Wildman–Crippen MR) is 101 cm³/mol. The molecule has 0 atom stereocenters. The van der Waals surface area contributed by atoms with Crippen molar-refractivity contribution in [2.24, 2.45) is 0 Å². The smallest absolute Gasteiger partial charge is 0.248 e. The lowest BCUT2D eigenvalue weighted by atomic mass is 10.2. The van der Waals surface area contributed by atoms with Gasteiger partial charge in [-0.2, -0.15) is 0 Å². The topological polar surface area (TPSA) is 85.6 Å². The van der Waals surface area contributed by atoms with E-state index in [4.69, 9.17) is 0 Å². The molecule has 0 saturated carbocycles. The van der Waals surface area contributed by atoms with E-state index in [9.17, 15) is 4.79 Å². The van der Waals surface area contributed by atoms with Crippen LogP contribution in [0.3, 0.4) is 0 Å². The highest BCUT2D eigenvalue weighted by molar-refractivity contribution is 7.19.